The molecule has 1 aliphatic rings. The number of aliphatic hydroxyl groups excluding tert-OH is 2. The third kappa shape index (κ3) is 6.52. The van der Waals surface area contributed by atoms with E-state index < -0.39 is 48.4 Å². The van der Waals surface area contributed by atoms with Gasteiger partial charge in [0, 0.05) is 0 Å². The van der Waals surface area contributed by atoms with Crippen LogP contribution < -0.4 is 10.8 Å². The normalized spacial score (nSPS) is 23.2. The van der Waals surface area contributed by atoms with Crippen molar-refractivity contribution < 1.29 is 52.7 Å². The van der Waals surface area contributed by atoms with Crippen LogP contribution in [0.4, 0.5) is 19.0 Å². The molecule has 0 saturated carbocycles. The molecule has 0 bridgehead atoms. The van der Waals surface area contributed by atoms with Gasteiger partial charge in [-0.2, -0.15) is 13.2 Å². The van der Waals surface area contributed by atoms with Crippen LogP contribution in [-0.4, -0.2) is 94.8 Å². The van der Waals surface area contributed by atoms with E-state index in [1.807, 2.05) is 6.26 Å². The van der Waals surface area contributed by atoms with Crippen molar-refractivity contribution in [3.8, 4) is 0 Å². The highest BCUT2D eigenvalue weighted by molar-refractivity contribution is 7.96. The van der Waals surface area contributed by atoms with Crippen LogP contribution in [0.5, 0.6) is 0 Å². The van der Waals surface area contributed by atoms with Crippen molar-refractivity contribution in [2.45, 2.75) is 37.1 Å². The number of alkyl halides is 3. The highest BCUT2D eigenvalue weighted by atomic mass is 32.2. The number of nitrogen functional groups attached to an aromatic ring is 1. The molecule has 3 heterocycles. The topological polar surface area (TPSA) is 214 Å². The number of aromatic nitrogens is 4. The van der Waals surface area contributed by atoms with Gasteiger partial charge in [0.2, 0.25) is 5.78 Å². The zero-order valence-electron chi connectivity index (χ0n) is 17.4. The third-order valence-corrected chi connectivity index (χ3v) is 6.39. The lowest BCUT2D eigenvalue weighted by Gasteiger charge is -2.16. The van der Waals surface area contributed by atoms with Gasteiger partial charge in [0.05, 0.1) is 19.0 Å². The van der Waals surface area contributed by atoms with E-state index in [1.165, 1.54) is 17.2 Å². The van der Waals surface area contributed by atoms with E-state index in [1.54, 1.807) is 0 Å². The van der Waals surface area contributed by atoms with Crippen molar-refractivity contribution in [1.82, 2.24) is 19.5 Å². The zero-order chi connectivity index (χ0) is 25.8. The standard InChI is InChI=1S/C15H19N5O6S.C2HF3O2/c1-27(3-2-7(21)15(24)25)4-8-10(22)11(23)14(26-8)20-6-19-9-12(16)17-5-18-13(9)20;3-2(4,5)1(6)7/h5-6,8,10-11,14,22-23H,2-4H2,1H3,(H2-,16,17,18,24,25);(H,6,7)/t8-,10-,11-,14-,27?;/m1./s1. The summed E-state index contributed by atoms with van der Waals surface area (Å²) in [5.41, 5.74) is 6.50. The van der Waals surface area contributed by atoms with Crippen LogP contribution in [0.15, 0.2) is 12.7 Å². The number of rotatable bonds is 7. The predicted octanol–water partition coefficient (Wildman–Crippen LogP) is -2.38. The number of fused-ring (bicyclic) bond motifs is 1. The first-order chi connectivity index (χ1) is 15.7. The van der Waals surface area contributed by atoms with Gasteiger partial charge in [-0.25, -0.2) is 19.7 Å². The lowest BCUT2D eigenvalue weighted by atomic mass is 10.1. The van der Waals surface area contributed by atoms with Gasteiger partial charge in [0.15, 0.2) is 17.7 Å². The second kappa shape index (κ2) is 10.9. The molecule has 2 aromatic heterocycles. The first kappa shape index (κ1) is 27.2. The van der Waals surface area contributed by atoms with Gasteiger partial charge in [-0.15, -0.1) is 0 Å². The minimum atomic E-state index is -5.19. The average Bonchev–Trinajstić information content (AvgIpc) is 3.29. The molecule has 1 unspecified atom stereocenters. The number of aliphatic hydroxyl groups is 2. The molecular formula is C17H20F3N5O8S. The van der Waals surface area contributed by atoms with Crippen molar-refractivity contribution in [2.24, 2.45) is 0 Å². The van der Waals surface area contributed by atoms with E-state index in [0.29, 0.717) is 22.7 Å². The summed E-state index contributed by atoms with van der Waals surface area (Å²) in [5, 5.41) is 38.2. The maximum absolute atomic E-state index is 11.2. The minimum absolute atomic E-state index is 0.0773. The summed E-state index contributed by atoms with van der Waals surface area (Å²) in [4.78, 5) is 42.7. The fraction of sp³-hybridized carbons (Fsp3) is 0.529. The number of imidazole rings is 1. The molecule has 0 spiro atoms. The van der Waals surface area contributed by atoms with Gasteiger partial charge in [-0.3, -0.25) is 9.36 Å². The van der Waals surface area contributed by atoms with Crippen LogP contribution in [0.2, 0.25) is 0 Å². The first-order valence-corrected chi connectivity index (χ1v) is 11.3. The van der Waals surface area contributed by atoms with Crippen molar-refractivity contribution in [3.63, 3.8) is 0 Å². The lowest BCUT2D eigenvalue weighted by Crippen LogP contribution is -2.37. The van der Waals surface area contributed by atoms with Crippen LogP contribution in [0, 0.1) is 0 Å². The second-order valence-electron chi connectivity index (χ2n) is 7.05. The molecule has 3 rings (SSSR count). The number of anilines is 1. The Kier molecular flexibility index (Phi) is 8.76. The summed E-state index contributed by atoms with van der Waals surface area (Å²) in [5.74, 6) is -4.36. The van der Waals surface area contributed by atoms with E-state index >= 15 is 0 Å². The predicted molar refractivity (Wildman–Crippen MR) is 107 cm³/mol. The molecule has 1 aliphatic heterocycles. The zero-order valence-corrected chi connectivity index (χ0v) is 18.2. The minimum Gasteiger partial charge on any atom is -0.542 e. The van der Waals surface area contributed by atoms with Crippen molar-refractivity contribution in [3.05, 3.63) is 12.7 Å². The maximum atomic E-state index is 11.2. The monoisotopic (exact) mass is 511 g/mol. The van der Waals surface area contributed by atoms with E-state index in [4.69, 9.17) is 25.5 Å². The Morgan fingerprint density at radius 3 is 2.41 bits per heavy atom. The fourth-order valence-corrected chi connectivity index (χ4v) is 4.43. The molecule has 1 fully saturated rings. The number of carboxylic acid groups (broad SMARTS) is 2. The van der Waals surface area contributed by atoms with Crippen LogP contribution >= 0.6 is 0 Å². The number of ketones is 1. The highest BCUT2D eigenvalue weighted by Crippen LogP contribution is 2.32. The number of ether oxygens (including phenoxy) is 1. The largest absolute Gasteiger partial charge is 0.542 e. The van der Waals surface area contributed by atoms with Crippen LogP contribution in [-0.2, 0) is 30.0 Å². The van der Waals surface area contributed by atoms with Crippen molar-refractivity contribution in [2.75, 3.05) is 23.5 Å². The number of aliphatic carboxylic acids is 2. The number of carbonyl (C=O) groups excluding carboxylic acids is 2. The van der Waals surface area contributed by atoms with E-state index in [9.17, 15) is 33.0 Å². The van der Waals surface area contributed by atoms with Crippen LogP contribution in [0.1, 0.15) is 12.6 Å². The maximum Gasteiger partial charge on any atom is 0.430 e. The number of Topliss-reactive ketones (excluding diaryl/α,β-unsaturated/α-hetero) is 1. The Bertz CT molecular complexity index is 1050. The van der Waals surface area contributed by atoms with E-state index in [-0.39, 0.29) is 23.1 Å². The molecule has 5 atom stereocenters. The average molecular weight is 511 g/mol. The first-order valence-electron chi connectivity index (χ1n) is 9.32. The lowest BCUT2D eigenvalue weighted by molar-refractivity contribution is -0.344. The molecule has 188 valence electrons. The number of halogens is 3. The molecule has 0 aromatic carbocycles. The molecule has 2 aromatic rings. The van der Waals surface area contributed by atoms with Crippen LogP contribution in [0.25, 0.3) is 11.2 Å². The Morgan fingerprint density at radius 2 is 1.85 bits per heavy atom. The molecular weight excluding hydrogens is 491 g/mol. The second-order valence-corrected chi connectivity index (χ2v) is 9.35. The van der Waals surface area contributed by atoms with Gasteiger partial charge in [-0.05, 0) is 10.9 Å². The quantitative estimate of drug-likeness (QED) is 0.226. The SMILES string of the molecule is C[S+](CCC(=O)C(=O)O)C[C@H]1O[C@@H](n2cnc3c(N)ncnc32)[C@H](O)[C@@H]1O.O=C([O-])C(F)(F)F. The number of hydrogen-bond acceptors (Lipinski definition) is 11. The molecule has 0 aliphatic carbocycles. The third-order valence-electron chi connectivity index (χ3n) is 4.59. The number of hydrogen-bond donors (Lipinski definition) is 4. The summed E-state index contributed by atoms with van der Waals surface area (Å²) in [6.07, 6.45) is -4.66. The number of carbonyl (C=O) groups is 3. The summed E-state index contributed by atoms with van der Waals surface area (Å²) in [6.45, 7) is 0. The number of carboxylic acids is 2. The van der Waals surface area contributed by atoms with Gasteiger partial charge in [0.25, 0.3) is 0 Å². The van der Waals surface area contributed by atoms with E-state index in [0.717, 1.165) is 0 Å². The number of nitrogens with two attached hydrogens (primary N) is 1. The molecule has 5 N–H and O–H groups in total. The summed E-state index contributed by atoms with van der Waals surface area (Å²) in [6, 6.07) is 0. The summed E-state index contributed by atoms with van der Waals surface area (Å²) in [7, 11) is -0.376. The molecule has 1 saturated heterocycles. The van der Waals surface area contributed by atoms with Crippen molar-refractivity contribution in [1.29, 1.82) is 0 Å². The van der Waals surface area contributed by atoms with Gasteiger partial charge in [0.1, 0.15) is 47.6 Å². The Morgan fingerprint density at radius 1 is 1.24 bits per heavy atom. The highest BCUT2D eigenvalue weighted by Gasteiger charge is 2.46. The van der Waals surface area contributed by atoms with Gasteiger partial charge < -0.3 is 35.7 Å². The molecule has 0 amide bonds. The van der Waals surface area contributed by atoms with Crippen LogP contribution in [0.3, 0.4) is 0 Å². The Balaban J connectivity index is 0.000000509. The smallest absolute Gasteiger partial charge is 0.430 e. The van der Waals surface area contributed by atoms with Gasteiger partial charge in [-0.1, -0.05) is 0 Å². The molecule has 13 nitrogen and oxygen atoms in total. The summed E-state index contributed by atoms with van der Waals surface area (Å²) < 4.78 is 38.9. The molecule has 34 heavy (non-hydrogen) atoms. The number of nitrogens with zero attached hydrogens (tertiary/aromatic N) is 4. The van der Waals surface area contributed by atoms with Crippen molar-refractivity contribution >= 4 is 45.6 Å². The Hall–Kier alpha value is -3.02. The molecule has 0 radical (unpaired) electrons. The Labute approximate surface area is 191 Å². The molecule has 17 heteroatoms. The fourth-order valence-electron chi connectivity index (χ4n) is 2.89. The van der Waals surface area contributed by atoms with E-state index in [2.05, 4.69) is 15.0 Å². The van der Waals surface area contributed by atoms with Gasteiger partial charge >= 0.3 is 12.1 Å². The summed E-state index contributed by atoms with van der Waals surface area (Å²) >= 11 is 0.